The number of hydrogen-bond donors (Lipinski definition) is 0. The van der Waals surface area contributed by atoms with Crippen LogP contribution in [-0.4, -0.2) is 15.8 Å². The van der Waals surface area contributed by atoms with Crippen LogP contribution in [0, 0.1) is 0 Å². The van der Waals surface area contributed by atoms with Crippen molar-refractivity contribution in [2.75, 3.05) is 9.80 Å². The van der Waals surface area contributed by atoms with E-state index in [1.54, 1.807) is 0 Å². The molecular formula is C98H67BN4. The minimum absolute atomic E-state index is 0.251. The van der Waals surface area contributed by atoms with E-state index in [1.165, 1.54) is 97.6 Å². The summed E-state index contributed by atoms with van der Waals surface area (Å²) in [4.78, 5) is 5.42. The number of fused-ring (bicyclic) bond motifs is 20. The van der Waals surface area contributed by atoms with Crippen LogP contribution in [0.2, 0.25) is 0 Å². The number of nitrogens with zero attached hydrogens (tertiary/aromatic N) is 4. The van der Waals surface area contributed by atoms with E-state index >= 15 is 0 Å². The second kappa shape index (κ2) is 22.8. The van der Waals surface area contributed by atoms with Crippen molar-refractivity contribution in [1.29, 1.82) is 0 Å². The first-order chi connectivity index (χ1) is 50.8. The van der Waals surface area contributed by atoms with Gasteiger partial charge in [0.2, 0.25) is 0 Å². The zero-order valence-corrected chi connectivity index (χ0v) is 57.4. The van der Waals surface area contributed by atoms with Gasteiger partial charge in [-0.1, -0.05) is 324 Å². The summed E-state index contributed by atoms with van der Waals surface area (Å²) in [6, 6.07) is 133. The molecule has 103 heavy (non-hydrogen) atoms. The Bertz CT molecular complexity index is 6210. The first-order valence-corrected chi connectivity index (χ1v) is 36.0. The number of benzene rings is 17. The standard InChI is InChI=1S/C98H67BN4/c1-98(2,3)66-58-89-93-90(59-66)103(95-71(64-34-12-6-13-35-64)50-29-51-72(95)65-36-14-7-15-37-65)88-61-68(101-86-53-27-25-47-82(86)92-78-43-21-17-39-74(78)76-41-19-23-45-80(76)97(92)101)55-57-84(88)99(93)83-56-54-67(60-87(83)102(89)94-69(62-30-8-4-9-31-62)48-28-49-70(94)63-32-10-5-11-33-63)100-85-52-26-24-46-81(85)91-77-42-20-16-38-73(77)75-40-18-22-44-79(75)96(91)100/h4-61H,1-3H3. The molecule has 5 heteroatoms. The molecule has 0 bridgehead atoms. The third kappa shape index (κ3) is 8.79. The van der Waals surface area contributed by atoms with E-state index in [1.807, 2.05) is 0 Å². The van der Waals surface area contributed by atoms with E-state index < -0.39 is 0 Å². The zero-order chi connectivity index (χ0) is 68.2. The molecule has 21 rings (SSSR count). The van der Waals surface area contributed by atoms with E-state index in [0.717, 1.165) is 101 Å². The van der Waals surface area contributed by atoms with Crippen LogP contribution in [0.4, 0.5) is 34.1 Å². The lowest BCUT2D eigenvalue weighted by atomic mass is 9.33. The predicted octanol–water partition coefficient (Wildman–Crippen LogP) is 24.5. The maximum Gasteiger partial charge on any atom is 0.252 e. The molecule has 2 aromatic heterocycles. The Hall–Kier alpha value is -13.0. The lowest BCUT2D eigenvalue weighted by Crippen LogP contribution is -2.61. The number of aromatic nitrogens is 2. The monoisotopic (exact) mass is 1310 g/mol. The lowest BCUT2D eigenvalue weighted by molar-refractivity contribution is 0.590. The maximum atomic E-state index is 2.71. The van der Waals surface area contributed by atoms with Crippen molar-refractivity contribution >= 4 is 144 Å². The van der Waals surface area contributed by atoms with Gasteiger partial charge in [0.25, 0.3) is 6.71 Å². The molecule has 0 aliphatic carbocycles. The van der Waals surface area contributed by atoms with Gasteiger partial charge in [0.1, 0.15) is 0 Å². The second-order valence-electron chi connectivity index (χ2n) is 29.0. The molecule has 0 unspecified atom stereocenters. The van der Waals surface area contributed by atoms with E-state index in [9.17, 15) is 0 Å². The van der Waals surface area contributed by atoms with Crippen LogP contribution >= 0.6 is 0 Å². The van der Waals surface area contributed by atoms with Crippen molar-refractivity contribution < 1.29 is 0 Å². The summed E-state index contributed by atoms with van der Waals surface area (Å²) in [7, 11) is 0. The summed E-state index contributed by atoms with van der Waals surface area (Å²) >= 11 is 0. The molecule has 0 fully saturated rings. The molecule has 0 atom stereocenters. The average molecular weight is 1310 g/mol. The fraction of sp³-hybridized carbons (Fsp3) is 0.0408. The van der Waals surface area contributed by atoms with E-state index in [-0.39, 0.29) is 12.1 Å². The molecule has 0 saturated heterocycles. The highest BCUT2D eigenvalue weighted by atomic mass is 15.2. The van der Waals surface area contributed by atoms with Gasteiger partial charge in [-0.2, -0.15) is 0 Å². The van der Waals surface area contributed by atoms with Crippen LogP contribution in [0.1, 0.15) is 26.3 Å². The Morgan fingerprint density at radius 3 is 0.903 bits per heavy atom. The van der Waals surface area contributed by atoms with Gasteiger partial charge in [0, 0.05) is 88.7 Å². The van der Waals surface area contributed by atoms with Gasteiger partial charge in [0.05, 0.1) is 33.4 Å². The largest absolute Gasteiger partial charge is 0.310 e. The highest BCUT2D eigenvalue weighted by Crippen LogP contribution is 2.55. The number of para-hydroxylation sites is 4. The van der Waals surface area contributed by atoms with E-state index in [2.05, 4.69) is 392 Å². The van der Waals surface area contributed by atoms with Crippen molar-refractivity contribution in [2.45, 2.75) is 26.2 Å². The predicted molar refractivity (Wildman–Crippen MR) is 440 cm³/mol. The Morgan fingerprint density at radius 1 is 0.252 bits per heavy atom. The topological polar surface area (TPSA) is 16.3 Å². The van der Waals surface area contributed by atoms with E-state index in [4.69, 9.17) is 0 Å². The van der Waals surface area contributed by atoms with Crippen molar-refractivity contribution in [2.24, 2.45) is 0 Å². The molecule has 0 radical (unpaired) electrons. The van der Waals surface area contributed by atoms with Gasteiger partial charge in [-0.15, -0.1) is 0 Å². The van der Waals surface area contributed by atoms with Gasteiger partial charge in [-0.3, -0.25) is 0 Å². The van der Waals surface area contributed by atoms with Crippen molar-refractivity contribution in [1.82, 2.24) is 9.13 Å². The first-order valence-electron chi connectivity index (χ1n) is 36.0. The van der Waals surface area contributed by atoms with Crippen LogP contribution in [0.15, 0.2) is 352 Å². The third-order valence-corrected chi connectivity index (χ3v) is 22.4. The highest BCUT2D eigenvalue weighted by Gasteiger charge is 2.46. The van der Waals surface area contributed by atoms with Crippen molar-refractivity contribution in [3.63, 3.8) is 0 Å². The molecular weight excluding hydrogens is 1240 g/mol. The molecule has 19 aromatic rings. The fourth-order valence-electron chi connectivity index (χ4n) is 17.9. The first kappa shape index (κ1) is 59.0. The van der Waals surface area contributed by atoms with Gasteiger partial charge in [-0.05, 0) is 130 Å². The number of rotatable bonds is 8. The van der Waals surface area contributed by atoms with Crippen molar-refractivity contribution in [3.05, 3.63) is 357 Å². The van der Waals surface area contributed by atoms with Gasteiger partial charge < -0.3 is 18.9 Å². The molecule has 4 heterocycles. The SMILES string of the molecule is CC(C)(C)c1cc2c3c(c1)N(c1c(-c4ccccc4)cccc1-c1ccccc1)c1cc(-n4c5ccccc5c5c6ccccc6c6ccccc6c54)ccc1B3c1ccc(-n3c4ccccc4c4c5ccccc5c5ccccc5c43)cc1N2c1c(-c2ccccc2)cccc1-c1ccccc1. The number of anilines is 6. The molecule has 0 amide bonds. The normalized spacial score (nSPS) is 12.7. The Balaban J connectivity index is 0.940. The summed E-state index contributed by atoms with van der Waals surface area (Å²) in [6.07, 6.45) is 0. The average Bonchev–Trinajstić information content (AvgIpc) is 1.29. The maximum absolute atomic E-state index is 2.71. The smallest absolute Gasteiger partial charge is 0.252 e. The molecule has 2 aliphatic heterocycles. The third-order valence-electron chi connectivity index (χ3n) is 22.4. The summed E-state index contributed by atoms with van der Waals surface area (Å²) < 4.78 is 5.16. The van der Waals surface area contributed by atoms with Crippen LogP contribution in [0.25, 0.3) is 143 Å². The van der Waals surface area contributed by atoms with Crippen LogP contribution in [0.3, 0.4) is 0 Å². The Kier molecular flexibility index (Phi) is 13.0. The summed E-state index contributed by atoms with van der Waals surface area (Å²) in [5.41, 5.74) is 27.5. The van der Waals surface area contributed by atoms with E-state index in [0.29, 0.717) is 0 Å². The van der Waals surface area contributed by atoms with Crippen LogP contribution in [0.5, 0.6) is 0 Å². The molecule has 0 N–H and O–H groups in total. The molecule has 0 saturated carbocycles. The Labute approximate surface area is 598 Å². The van der Waals surface area contributed by atoms with Crippen molar-refractivity contribution in [3.8, 4) is 55.9 Å². The van der Waals surface area contributed by atoms with Crippen LogP contribution < -0.4 is 26.2 Å². The fourth-order valence-corrected chi connectivity index (χ4v) is 17.9. The summed E-state index contributed by atoms with van der Waals surface area (Å²) in [6.45, 7) is 6.93. The molecule has 2 aliphatic rings. The highest BCUT2D eigenvalue weighted by molar-refractivity contribution is 7.00. The van der Waals surface area contributed by atoms with Gasteiger partial charge >= 0.3 is 0 Å². The van der Waals surface area contributed by atoms with Crippen LogP contribution in [-0.2, 0) is 5.41 Å². The Morgan fingerprint density at radius 2 is 0.553 bits per heavy atom. The van der Waals surface area contributed by atoms with Gasteiger partial charge in [-0.25, -0.2) is 0 Å². The molecule has 17 aromatic carbocycles. The molecule has 4 nitrogen and oxygen atoms in total. The minimum Gasteiger partial charge on any atom is -0.310 e. The second-order valence-corrected chi connectivity index (χ2v) is 29.0. The summed E-state index contributed by atoms with van der Waals surface area (Å²) in [5.74, 6) is 0. The molecule has 0 spiro atoms. The quantitative estimate of drug-likeness (QED) is 0.111. The summed E-state index contributed by atoms with van der Waals surface area (Å²) in [5, 5.41) is 14.9. The lowest BCUT2D eigenvalue weighted by Gasteiger charge is -2.46. The minimum atomic E-state index is -0.329. The van der Waals surface area contributed by atoms with Gasteiger partial charge in [0.15, 0.2) is 0 Å². The number of hydrogen-bond acceptors (Lipinski definition) is 2. The zero-order valence-electron chi connectivity index (χ0n) is 57.4. The molecule has 482 valence electrons.